The number of nitro groups is 1. The lowest BCUT2D eigenvalue weighted by atomic mass is 10.3. The molecule has 0 saturated heterocycles. The lowest BCUT2D eigenvalue weighted by molar-refractivity contribution is -0.386. The van der Waals surface area contributed by atoms with E-state index < -0.39 is 16.8 Å². The maximum atomic E-state index is 12.8. The number of hydrogen-bond acceptors (Lipinski definition) is 5. The number of nitrogens with two attached hydrogens (primary N) is 1. The van der Waals surface area contributed by atoms with Gasteiger partial charge in [-0.2, -0.15) is 0 Å². The first-order valence-electron chi connectivity index (χ1n) is 4.49. The van der Waals surface area contributed by atoms with Crippen molar-refractivity contribution in [1.29, 1.82) is 0 Å². The summed E-state index contributed by atoms with van der Waals surface area (Å²) in [5, 5.41) is 19.7. The molecule has 0 radical (unpaired) electrons. The minimum Gasteiger partial charge on any atom is -0.484 e. The zero-order valence-corrected chi connectivity index (χ0v) is 8.30. The highest BCUT2D eigenvalue weighted by Gasteiger charge is 2.16. The summed E-state index contributed by atoms with van der Waals surface area (Å²) < 4.78 is 17.7. The molecule has 1 aromatic carbocycles. The quantitative estimate of drug-likeness (QED) is 0.564. The number of halogens is 1. The second kappa shape index (κ2) is 5.38. The maximum absolute atomic E-state index is 12.8. The van der Waals surface area contributed by atoms with Crippen molar-refractivity contribution >= 4 is 5.69 Å². The number of benzene rings is 1. The Morgan fingerprint density at radius 3 is 2.88 bits per heavy atom. The number of nitrogens with zero attached hydrogens (tertiary/aromatic N) is 1. The van der Waals surface area contributed by atoms with Gasteiger partial charge in [0.15, 0.2) is 5.75 Å². The fourth-order valence-corrected chi connectivity index (χ4v) is 1.01. The van der Waals surface area contributed by atoms with Gasteiger partial charge >= 0.3 is 5.69 Å². The van der Waals surface area contributed by atoms with Crippen LogP contribution < -0.4 is 10.5 Å². The van der Waals surface area contributed by atoms with Crippen molar-refractivity contribution in [2.75, 3.05) is 13.2 Å². The zero-order chi connectivity index (χ0) is 12.1. The fourth-order valence-electron chi connectivity index (χ4n) is 1.01. The van der Waals surface area contributed by atoms with Crippen molar-refractivity contribution in [1.82, 2.24) is 0 Å². The molecule has 1 unspecified atom stereocenters. The normalized spacial score (nSPS) is 12.2. The summed E-state index contributed by atoms with van der Waals surface area (Å²) in [7, 11) is 0. The Bertz CT molecular complexity index is 386. The van der Waals surface area contributed by atoms with Gasteiger partial charge in [0.2, 0.25) is 0 Å². The Balaban J connectivity index is 2.84. The molecule has 7 heteroatoms. The number of aliphatic hydroxyl groups is 1. The largest absolute Gasteiger partial charge is 0.484 e. The number of hydrogen-bond donors (Lipinski definition) is 2. The summed E-state index contributed by atoms with van der Waals surface area (Å²) >= 11 is 0. The van der Waals surface area contributed by atoms with E-state index >= 15 is 0 Å². The van der Waals surface area contributed by atoms with Crippen LogP contribution in [0.3, 0.4) is 0 Å². The van der Waals surface area contributed by atoms with E-state index in [0.717, 1.165) is 18.2 Å². The topological polar surface area (TPSA) is 98.6 Å². The number of nitro benzene ring substituents is 1. The van der Waals surface area contributed by atoms with Gasteiger partial charge in [0.05, 0.1) is 4.92 Å². The molecule has 0 fully saturated rings. The molecule has 0 aliphatic carbocycles. The summed E-state index contributed by atoms with van der Waals surface area (Å²) in [5.74, 6) is -0.875. The SMILES string of the molecule is NCC(O)COc1cc(F)ccc1[N+](=O)[O-]. The summed E-state index contributed by atoms with van der Waals surface area (Å²) in [6.45, 7) is -0.260. The molecule has 0 bridgehead atoms. The minimum atomic E-state index is -0.942. The van der Waals surface area contributed by atoms with Gasteiger partial charge in [0.1, 0.15) is 18.5 Å². The van der Waals surface area contributed by atoms with E-state index in [2.05, 4.69) is 0 Å². The van der Waals surface area contributed by atoms with Gasteiger partial charge in [0, 0.05) is 18.7 Å². The van der Waals surface area contributed by atoms with Crippen LogP contribution in [-0.2, 0) is 0 Å². The van der Waals surface area contributed by atoms with Crippen molar-refractivity contribution in [3.8, 4) is 5.75 Å². The molecule has 0 saturated carbocycles. The summed E-state index contributed by atoms with van der Waals surface area (Å²) in [4.78, 5) is 9.87. The number of rotatable bonds is 5. The van der Waals surface area contributed by atoms with Crippen LogP contribution in [0.15, 0.2) is 18.2 Å². The van der Waals surface area contributed by atoms with Crippen LogP contribution in [0, 0.1) is 15.9 Å². The monoisotopic (exact) mass is 230 g/mol. The van der Waals surface area contributed by atoms with E-state index in [9.17, 15) is 14.5 Å². The van der Waals surface area contributed by atoms with E-state index in [1.807, 2.05) is 0 Å². The second-order valence-electron chi connectivity index (χ2n) is 3.07. The van der Waals surface area contributed by atoms with E-state index in [1.54, 1.807) is 0 Å². The number of aliphatic hydroxyl groups excluding tert-OH is 1. The summed E-state index contributed by atoms with van der Waals surface area (Å²) in [5.41, 5.74) is 4.77. The summed E-state index contributed by atoms with van der Waals surface area (Å²) in [6, 6.07) is 2.85. The van der Waals surface area contributed by atoms with Gasteiger partial charge < -0.3 is 15.6 Å². The second-order valence-corrected chi connectivity index (χ2v) is 3.07. The molecule has 0 aliphatic heterocycles. The highest BCUT2D eigenvalue weighted by molar-refractivity contribution is 5.46. The molecule has 1 atom stereocenters. The highest BCUT2D eigenvalue weighted by Crippen LogP contribution is 2.27. The third kappa shape index (κ3) is 3.14. The zero-order valence-electron chi connectivity index (χ0n) is 8.30. The molecule has 6 nitrogen and oxygen atoms in total. The van der Waals surface area contributed by atoms with E-state index in [1.165, 1.54) is 0 Å². The molecule has 88 valence electrons. The highest BCUT2D eigenvalue weighted by atomic mass is 19.1. The maximum Gasteiger partial charge on any atom is 0.311 e. The standard InChI is InChI=1S/C9H11FN2O4/c10-6-1-2-8(12(14)15)9(3-6)16-5-7(13)4-11/h1-3,7,13H,4-5,11H2. The van der Waals surface area contributed by atoms with Crippen LogP contribution >= 0.6 is 0 Å². The van der Waals surface area contributed by atoms with E-state index in [-0.39, 0.29) is 24.6 Å². The third-order valence-corrected chi connectivity index (χ3v) is 1.82. The molecular formula is C9H11FN2O4. The lowest BCUT2D eigenvalue weighted by Gasteiger charge is -2.10. The van der Waals surface area contributed by atoms with Gasteiger partial charge in [-0.25, -0.2) is 4.39 Å². The van der Waals surface area contributed by atoms with Gasteiger partial charge in [-0.15, -0.1) is 0 Å². The Morgan fingerprint density at radius 1 is 1.62 bits per heavy atom. The first-order chi connectivity index (χ1) is 7.54. The van der Waals surface area contributed by atoms with Crippen LogP contribution in [0.4, 0.5) is 10.1 Å². The molecule has 0 amide bonds. The van der Waals surface area contributed by atoms with Crippen molar-refractivity contribution in [2.24, 2.45) is 5.73 Å². The first-order valence-corrected chi connectivity index (χ1v) is 4.49. The molecule has 1 aromatic rings. The summed E-state index contributed by atoms with van der Waals surface area (Å²) in [6.07, 6.45) is -0.942. The molecule has 0 heterocycles. The van der Waals surface area contributed by atoms with E-state index in [0.29, 0.717) is 0 Å². The van der Waals surface area contributed by atoms with Crippen LogP contribution in [0.2, 0.25) is 0 Å². The molecule has 1 rings (SSSR count). The van der Waals surface area contributed by atoms with Crippen LogP contribution in [-0.4, -0.2) is 29.3 Å². The molecule has 3 N–H and O–H groups in total. The molecule has 0 aromatic heterocycles. The third-order valence-electron chi connectivity index (χ3n) is 1.82. The van der Waals surface area contributed by atoms with Crippen molar-refractivity contribution < 1.29 is 19.2 Å². The first kappa shape index (κ1) is 12.3. The lowest BCUT2D eigenvalue weighted by Crippen LogP contribution is -2.26. The molecule has 0 spiro atoms. The van der Waals surface area contributed by atoms with Gasteiger partial charge in [0.25, 0.3) is 0 Å². The van der Waals surface area contributed by atoms with Crippen LogP contribution in [0.1, 0.15) is 0 Å². The van der Waals surface area contributed by atoms with Crippen molar-refractivity contribution in [3.63, 3.8) is 0 Å². The average molecular weight is 230 g/mol. The van der Waals surface area contributed by atoms with Crippen LogP contribution in [0.25, 0.3) is 0 Å². The number of ether oxygens (including phenoxy) is 1. The molecule has 0 aliphatic rings. The molecule has 16 heavy (non-hydrogen) atoms. The Labute approximate surface area is 90.6 Å². The smallest absolute Gasteiger partial charge is 0.311 e. The predicted molar refractivity (Wildman–Crippen MR) is 53.6 cm³/mol. The van der Waals surface area contributed by atoms with Gasteiger partial charge in [-0.1, -0.05) is 0 Å². The Morgan fingerprint density at radius 2 is 2.31 bits per heavy atom. The Kier molecular flexibility index (Phi) is 4.15. The van der Waals surface area contributed by atoms with Crippen molar-refractivity contribution in [2.45, 2.75) is 6.10 Å². The predicted octanol–water partition coefficient (Wildman–Crippen LogP) is 0.432. The van der Waals surface area contributed by atoms with Gasteiger partial charge in [-0.3, -0.25) is 10.1 Å². The average Bonchev–Trinajstić information content (AvgIpc) is 2.25. The fraction of sp³-hybridized carbons (Fsp3) is 0.333. The van der Waals surface area contributed by atoms with Gasteiger partial charge in [-0.05, 0) is 6.07 Å². The van der Waals surface area contributed by atoms with E-state index in [4.69, 9.17) is 15.6 Å². The van der Waals surface area contributed by atoms with Crippen LogP contribution in [0.5, 0.6) is 5.75 Å². The Hall–Kier alpha value is -1.73. The van der Waals surface area contributed by atoms with Crippen molar-refractivity contribution in [3.05, 3.63) is 34.1 Å². The molecular weight excluding hydrogens is 219 g/mol. The minimum absolute atomic E-state index is 0.0386.